The van der Waals surface area contributed by atoms with Crippen LogP contribution in [0, 0.1) is 11.8 Å². The maximum Gasteiger partial charge on any atom is 0.268 e. The highest BCUT2D eigenvalue weighted by molar-refractivity contribution is 7.17. The van der Waals surface area contributed by atoms with E-state index in [-0.39, 0.29) is 17.7 Å². The molecule has 4 heterocycles. The molecule has 0 fully saturated rings. The summed E-state index contributed by atoms with van der Waals surface area (Å²) in [5.41, 5.74) is 2.38. The van der Waals surface area contributed by atoms with E-state index < -0.39 is 0 Å². The molecule has 1 unspecified atom stereocenters. The first-order chi connectivity index (χ1) is 18.4. The van der Waals surface area contributed by atoms with E-state index in [4.69, 9.17) is 9.40 Å². The van der Waals surface area contributed by atoms with Crippen molar-refractivity contribution in [2.45, 2.75) is 39.7 Å². The van der Waals surface area contributed by atoms with Crippen molar-refractivity contribution >= 4 is 52.0 Å². The maximum absolute atomic E-state index is 13.2. The number of amides is 2. The van der Waals surface area contributed by atoms with Gasteiger partial charge in [-0.3, -0.25) is 19.9 Å². The van der Waals surface area contributed by atoms with Gasteiger partial charge in [-0.25, -0.2) is 9.97 Å². The number of carbonyl (C=O) groups is 2. The molecule has 0 saturated carbocycles. The number of fused-ring (bicyclic) bond motifs is 1. The van der Waals surface area contributed by atoms with Crippen LogP contribution >= 0.6 is 11.3 Å². The van der Waals surface area contributed by atoms with E-state index in [1.165, 1.54) is 17.7 Å². The largest absolute Gasteiger partial charge is 0.443 e. The van der Waals surface area contributed by atoms with Gasteiger partial charge in [0.25, 0.3) is 5.91 Å². The number of carbonyl (C=O) groups excluding carboxylic acids is 2. The van der Waals surface area contributed by atoms with Crippen LogP contribution in [-0.2, 0) is 11.3 Å². The summed E-state index contributed by atoms with van der Waals surface area (Å²) in [5, 5.41) is 3.01. The molecule has 9 nitrogen and oxygen atoms in total. The lowest BCUT2D eigenvalue weighted by Crippen LogP contribution is -2.27. The molecule has 196 valence electrons. The van der Waals surface area contributed by atoms with Crippen LogP contribution in [0.1, 0.15) is 42.8 Å². The van der Waals surface area contributed by atoms with Gasteiger partial charge in [-0.1, -0.05) is 19.9 Å². The second-order valence-electron chi connectivity index (χ2n) is 9.76. The first kappa shape index (κ1) is 25.6. The number of rotatable bonds is 9. The van der Waals surface area contributed by atoms with Crippen molar-refractivity contribution in [1.82, 2.24) is 14.5 Å². The summed E-state index contributed by atoms with van der Waals surface area (Å²) in [7, 11) is 1.78. The summed E-state index contributed by atoms with van der Waals surface area (Å²) in [6, 6.07) is 9.41. The summed E-state index contributed by atoms with van der Waals surface area (Å²) >= 11 is 1.33. The lowest BCUT2D eigenvalue weighted by Gasteiger charge is -2.18. The molecule has 1 aliphatic heterocycles. The van der Waals surface area contributed by atoms with Gasteiger partial charge in [-0.2, -0.15) is 0 Å². The number of hydrogen-bond donors (Lipinski definition) is 1. The Morgan fingerprint density at radius 3 is 2.87 bits per heavy atom. The number of allylic oxidation sites excluding steroid dienone is 1. The molecule has 1 N–H and O–H groups in total. The van der Waals surface area contributed by atoms with Crippen molar-refractivity contribution in [3.8, 4) is 10.6 Å². The summed E-state index contributed by atoms with van der Waals surface area (Å²) in [5.74, 6) is 1.49. The fourth-order valence-electron chi connectivity index (χ4n) is 4.39. The van der Waals surface area contributed by atoms with Crippen LogP contribution in [0.5, 0.6) is 0 Å². The van der Waals surface area contributed by atoms with Gasteiger partial charge in [-0.15, -0.1) is 11.3 Å². The lowest BCUT2D eigenvalue weighted by molar-refractivity contribution is -0.119. The lowest BCUT2D eigenvalue weighted by atomic mass is 10.0. The molecule has 0 spiro atoms. The van der Waals surface area contributed by atoms with E-state index >= 15 is 0 Å². The van der Waals surface area contributed by atoms with E-state index in [2.05, 4.69) is 21.4 Å². The number of aromatic nitrogens is 3. The van der Waals surface area contributed by atoms with Crippen LogP contribution < -0.4 is 10.2 Å². The maximum atomic E-state index is 13.2. The third kappa shape index (κ3) is 5.60. The summed E-state index contributed by atoms with van der Waals surface area (Å²) in [6.07, 6.45) is 11.1. The van der Waals surface area contributed by atoms with Crippen LogP contribution in [0.2, 0.25) is 0 Å². The van der Waals surface area contributed by atoms with Gasteiger partial charge in [0, 0.05) is 38.1 Å². The minimum Gasteiger partial charge on any atom is -0.443 e. The third-order valence-electron chi connectivity index (χ3n) is 6.46. The molecule has 1 atom stereocenters. The number of oxazole rings is 1. The number of hydrogen-bond acceptors (Lipinski definition) is 7. The molecule has 3 aromatic heterocycles. The Hall–Kier alpha value is -4.05. The molecule has 0 radical (unpaired) electrons. The zero-order valence-electron chi connectivity index (χ0n) is 21.6. The first-order valence-corrected chi connectivity index (χ1v) is 13.5. The number of anilines is 2. The molecule has 0 saturated heterocycles. The highest BCUT2D eigenvalue weighted by atomic mass is 32.1. The Balaban J connectivity index is 1.43. The smallest absolute Gasteiger partial charge is 0.268 e. The quantitative estimate of drug-likeness (QED) is 0.285. The number of thiophene rings is 1. The number of aliphatic imine (C=N–C) groups is 1. The molecule has 1 aromatic carbocycles. The average Bonchev–Trinajstić information content (AvgIpc) is 3.67. The van der Waals surface area contributed by atoms with Crippen LogP contribution in [0.25, 0.3) is 21.7 Å². The number of aryl methyl sites for hydroxylation is 1. The average molecular weight is 531 g/mol. The Bertz CT molecular complexity index is 1500. The van der Waals surface area contributed by atoms with Crippen LogP contribution in [-0.4, -0.2) is 39.6 Å². The Morgan fingerprint density at radius 2 is 2.13 bits per heavy atom. The van der Waals surface area contributed by atoms with Gasteiger partial charge in [-0.05, 0) is 55.0 Å². The van der Waals surface area contributed by atoms with Gasteiger partial charge in [0.2, 0.25) is 11.9 Å². The molecular formula is C28H30N6O3S. The van der Waals surface area contributed by atoms with E-state index in [9.17, 15) is 9.59 Å². The fraction of sp³-hybridized carbons (Fsp3) is 0.321. The standard InChI is InChI=1S/C28H30N6O3S/c1-18(2)13-26(35)33(3)20-6-7-22-21(14-20)31-28(34(22)12-10-19-5-4-11-29-15-19)32-27(36)25-9-8-24(38-25)23-16-30-17-37-23/h4,6-9,11,14-19H,5,10,12-13H2,1-3H3,(H,31,32,36). The van der Waals surface area contributed by atoms with Crippen molar-refractivity contribution in [2.75, 3.05) is 17.3 Å². The number of nitrogens with one attached hydrogen (secondary N) is 1. The topological polar surface area (TPSA) is 106 Å². The van der Waals surface area contributed by atoms with Crippen molar-refractivity contribution in [3.63, 3.8) is 0 Å². The Labute approximate surface area is 224 Å². The summed E-state index contributed by atoms with van der Waals surface area (Å²) < 4.78 is 7.39. The second-order valence-corrected chi connectivity index (χ2v) is 10.8. The number of nitrogens with zero attached hydrogens (tertiary/aromatic N) is 5. The third-order valence-corrected chi connectivity index (χ3v) is 7.56. The number of imidazole rings is 1. The highest BCUT2D eigenvalue weighted by Crippen LogP contribution is 2.30. The monoisotopic (exact) mass is 530 g/mol. The zero-order valence-corrected chi connectivity index (χ0v) is 22.4. The van der Waals surface area contributed by atoms with Gasteiger partial charge in [0.1, 0.15) is 0 Å². The van der Waals surface area contributed by atoms with E-state index in [0.717, 1.165) is 28.9 Å². The zero-order chi connectivity index (χ0) is 26.6. The van der Waals surface area contributed by atoms with Gasteiger partial charge in [0.05, 0.1) is 27.0 Å². The molecule has 0 aliphatic carbocycles. The highest BCUT2D eigenvalue weighted by Gasteiger charge is 2.20. The predicted octanol–water partition coefficient (Wildman–Crippen LogP) is 6.01. The fourth-order valence-corrected chi connectivity index (χ4v) is 5.24. The molecule has 2 amide bonds. The Morgan fingerprint density at radius 1 is 1.26 bits per heavy atom. The van der Waals surface area contributed by atoms with Gasteiger partial charge in [0.15, 0.2) is 12.2 Å². The Kier molecular flexibility index (Phi) is 7.50. The summed E-state index contributed by atoms with van der Waals surface area (Å²) in [6.45, 7) is 4.72. The molecule has 4 aromatic rings. The van der Waals surface area contributed by atoms with Crippen molar-refractivity contribution in [2.24, 2.45) is 16.8 Å². The van der Waals surface area contributed by atoms with Crippen molar-refractivity contribution < 1.29 is 14.0 Å². The minimum atomic E-state index is -0.246. The predicted molar refractivity (Wildman–Crippen MR) is 151 cm³/mol. The van der Waals surface area contributed by atoms with E-state index in [1.807, 2.05) is 55.1 Å². The normalized spacial score (nSPS) is 14.9. The molecule has 0 bridgehead atoms. The summed E-state index contributed by atoms with van der Waals surface area (Å²) in [4.78, 5) is 41.9. The van der Waals surface area contributed by atoms with Crippen LogP contribution in [0.15, 0.2) is 64.6 Å². The van der Waals surface area contributed by atoms with Gasteiger partial charge < -0.3 is 13.9 Å². The van der Waals surface area contributed by atoms with E-state index in [0.29, 0.717) is 41.0 Å². The van der Waals surface area contributed by atoms with Gasteiger partial charge >= 0.3 is 0 Å². The SMILES string of the molecule is CC(C)CC(=O)N(C)c1ccc2c(c1)nc(NC(=O)c1ccc(-c3cnco3)s1)n2CCC1C=NC=CC1. The molecule has 5 rings (SSSR count). The van der Waals surface area contributed by atoms with Crippen LogP contribution in [0.3, 0.4) is 0 Å². The van der Waals surface area contributed by atoms with Crippen molar-refractivity contribution in [3.05, 3.63) is 60.1 Å². The van der Waals surface area contributed by atoms with Crippen molar-refractivity contribution in [1.29, 1.82) is 0 Å². The number of benzene rings is 1. The molecule has 1 aliphatic rings. The molecular weight excluding hydrogens is 500 g/mol. The first-order valence-electron chi connectivity index (χ1n) is 12.6. The minimum absolute atomic E-state index is 0.0530. The van der Waals surface area contributed by atoms with Crippen LogP contribution in [0.4, 0.5) is 11.6 Å². The second kappa shape index (κ2) is 11.1. The van der Waals surface area contributed by atoms with E-state index in [1.54, 1.807) is 24.2 Å². The molecule has 38 heavy (non-hydrogen) atoms. The molecule has 10 heteroatoms.